The van der Waals surface area contributed by atoms with E-state index in [1.807, 2.05) is 26.8 Å². The summed E-state index contributed by atoms with van der Waals surface area (Å²) in [5, 5.41) is 7.94. The second-order valence-corrected chi connectivity index (χ2v) is 8.59. The van der Waals surface area contributed by atoms with Crippen molar-refractivity contribution in [2.45, 2.75) is 64.0 Å². The molecule has 0 unspecified atom stereocenters. The van der Waals surface area contributed by atoms with Gasteiger partial charge in [-0.1, -0.05) is 28.4 Å². The lowest BCUT2D eigenvalue weighted by atomic mass is 9.86. The maximum atomic E-state index is 11.9. The zero-order valence-corrected chi connectivity index (χ0v) is 17.1. The van der Waals surface area contributed by atoms with E-state index in [0.29, 0.717) is 21.8 Å². The van der Waals surface area contributed by atoms with Crippen LogP contribution >= 0.6 is 23.2 Å². The SMILES string of the molecule is CC(C)(C)OC(=O)NC1CCC(c2nc(-c3ccc(Cl)c(Cl)c3)no2)CC1. The van der Waals surface area contributed by atoms with E-state index in [4.69, 9.17) is 32.5 Å². The number of rotatable bonds is 3. The third-order valence-electron chi connectivity index (χ3n) is 4.42. The monoisotopic (exact) mass is 411 g/mol. The van der Waals surface area contributed by atoms with E-state index in [2.05, 4.69) is 15.5 Å². The van der Waals surface area contributed by atoms with Gasteiger partial charge in [-0.05, 0) is 64.7 Å². The van der Waals surface area contributed by atoms with E-state index in [0.717, 1.165) is 31.2 Å². The fraction of sp³-hybridized carbons (Fsp3) is 0.526. The van der Waals surface area contributed by atoms with Crippen LogP contribution < -0.4 is 5.32 Å². The van der Waals surface area contributed by atoms with Gasteiger partial charge in [0.25, 0.3) is 0 Å². The molecule has 3 rings (SSSR count). The molecule has 0 atom stereocenters. The lowest BCUT2D eigenvalue weighted by Gasteiger charge is -2.28. The van der Waals surface area contributed by atoms with Gasteiger partial charge >= 0.3 is 6.09 Å². The van der Waals surface area contributed by atoms with Crippen LogP contribution in [0.2, 0.25) is 10.0 Å². The molecule has 1 aliphatic rings. The molecule has 0 bridgehead atoms. The number of hydrogen-bond acceptors (Lipinski definition) is 5. The van der Waals surface area contributed by atoms with Crippen LogP contribution in [0.1, 0.15) is 58.3 Å². The molecule has 1 aromatic heterocycles. The van der Waals surface area contributed by atoms with Gasteiger partial charge in [-0.25, -0.2) is 4.79 Å². The summed E-state index contributed by atoms with van der Waals surface area (Å²) >= 11 is 12.0. The minimum atomic E-state index is -0.494. The third kappa shape index (κ3) is 5.36. The Hall–Kier alpha value is -1.79. The molecule has 1 aromatic carbocycles. The summed E-state index contributed by atoms with van der Waals surface area (Å²) in [5.74, 6) is 1.30. The summed E-state index contributed by atoms with van der Waals surface area (Å²) in [6.07, 6.45) is 3.04. The number of halogens is 2. The van der Waals surface area contributed by atoms with E-state index in [1.165, 1.54) is 0 Å². The summed E-state index contributed by atoms with van der Waals surface area (Å²) in [5.41, 5.74) is 0.270. The first-order chi connectivity index (χ1) is 12.7. The Morgan fingerprint density at radius 3 is 2.52 bits per heavy atom. The van der Waals surface area contributed by atoms with E-state index >= 15 is 0 Å². The Morgan fingerprint density at radius 1 is 1.19 bits per heavy atom. The first-order valence-corrected chi connectivity index (χ1v) is 9.75. The molecular formula is C19H23Cl2N3O3. The molecule has 0 spiro atoms. The number of alkyl carbamates (subject to hydrolysis) is 1. The number of nitrogens with one attached hydrogen (secondary N) is 1. The molecular weight excluding hydrogens is 389 g/mol. The van der Waals surface area contributed by atoms with Crippen LogP contribution in [0, 0.1) is 0 Å². The molecule has 2 aromatic rings. The van der Waals surface area contributed by atoms with Crippen LogP contribution in [0.25, 0.3) is 11.4 Å². The average Bonchev–Trinajstić information content (AvgIpc) is 3.06. The Morgan fingerprint density at radius 2 is 1.89 bits per heavy atom. The summed E-state index contributed by atoms with van der Waals surface area (Å²) in [6, 6.07) is 5.35. The number of carbonyl (C=O) groups excluding carboxylic acids is 1. The molecule has 146 valence electrons. The largest absolute Gasteiger partial charge is 0.444 e. The van der Waals surface area contributed by atoms with Gasteiger partial charge in [0.2, 0.25) is 11.7 Å². The zero-order chi connectivity index (χ0) is 19.6. The topological polar surface area (TPSA) is 77.2 Å². The van der Waals surface area contributed by atoms with Crippen LogP contribution in [-0.4, -0.2) is 27.9 Å². The van der Waals surface area contributed by atoms with Gasteiger partial charge in [-0.15, -0.1) is 0 Å². The van der Waals surface area contributed by atoms with Crippen LogP contribution in [0.3, 0.4) is 0 Å². The molecule has 1 N–H and O–H groups in total. The highest BCUT2D eigenvalue weighted by atomic mass is 35.5. The molecule has 1 fully saturated rings. The van der Waals surface area contributed by atoms with Gasteiger partial charge in [0.15, 0.2) is 0 Å². The Kier molecular flexibility index (Phi) is 5.96. The minimum Gasteiger partial charge on any atom is -0.444 e. The number of aromatic nitrogens is 2. The fourth-order valence-corrected chi connectivity index (χ4v) is 3.41. The maximum Gasteiger partial charge on any atom is 0.407 e. The first kappa shape index (κ1) is 20.0. The minimum absolute atomic E-state index is 0.105. The predicted octanol–water partition coefficient (Wildman–Crippen LogP) is 5.59. The normalized spacial score (nSPS) is 20.3. The van der Waals surface area contributed by atoms with Gasteiger partial charge in [-0.3, -0.25) is 0 Å². The highest BCUT2D eigenvalue weighted by Crippen LogP contribution is 2.34. The molecule has 8 heteroatoms. The van der Waals surface area contributed by atoms with Crippen LogP contribution in [-0.2, 0) is 4.74 Å². The first-order valence-electron chi connectivity index (χ1n) is 9.00. The fourth-order valence-electron chi connectivity index (χ4n) is 3.11. The Labute approximate surface area is 168 Å². The standard InChI is InChI=1S/C19H23Cl2N3O3/c1-19(2,3)26-18(25)22-13-7-4-11(5-8-13)17-23-16(24-27-17)12-6-9-14(20)15(21)10-12/h6,9-11,13H,4-5,7-8H2,1-3H3,(H,22,25). The lowest BCUT2D eigenvalue weighted by Crippen LogP contribution is -2.40. The Bertz CT molecular complexity index is 809. The average molecular weight is 412 g/mol. The molecule has 1 saturated carbocycles. The van der Waals surface area contributed by atoms with Gasteiger partial charge in [-0.2, -0.15) is 4.98 Å². The van der Waals surface area contributed by atoms with E-state index in [-0.39, 0.29) is 18.1 Å². The van der Waals surface area contributed by atoms with Crippen molar-refractivity contribution in [3.63, 3.8) is 0 Å². The highest BCUT2D eigenvalue weighted by molar-refractivity contribution is 6.42. The van der Waals surface area contributed by atoms with Crippen LogP contribution in [0.15, 0.2) is 22.7 Å². The third-order valence-corrected chi connectivity index (χ3v) is 5.16. The Balaban J connectivity index is 1.56. The zero-order valence-electron chi connectivity index (χ0n) is 15.6. The molecule has 1 amide bonds. The van der Waals surface area contributed by atoms with Crippen molar-refractivity contribution in [3.8, 4) is 11.4 Å². The van der Waals surface area contributed by atoms with Crippen LogP contribution in [0.5, 0.6) is 0 Å². The van der Waals surface area contributed by atoms with Crippen molar-refractivity contribution in [2.75, 3.05) is 0 Å². The van der Waals surface area contributed by atoms with Gasteiger partial charge in [0, 0.05) is 17.5 Å². The number of benzene rings is 1. The van der Waals surface area contributed by atoms with Gasteiger partial charge in [0.05, 0.1) is 10.0 Å². The molecule has 1 aliphatic carbocycles. The number of hydrogen-bond donors (Lipinski definition) is 1. The van der Waals surface area contributed by atoms with Gasteiger partial charge in [0.1, 0.15) is 5.60 Å². The quantitative estimate of drug-likeness (QED) is 0.711. The van der Waals surface area contributed by atoms with Crippen LogP contribution in [0.4, 0.5) is 4.79 Å². The van der Waals surface area contributed by atoms with Crippen molar-refractivity contribution < 1.29 is 14.1 Å². The summed E-state index contributed by atoms with van der Waals surface area (Å²) in [6.45, 7) is 5.56. The number of amides is 1. The molecule has 0 aliphatic heterocycles. The van der Waals surface area contributed by atoms with Crippen molar-refractivity contribution in [1.29, 1.82) is 0 Å². The smallest absolute Gasteiger partial charge is 0.407 e. The second-order valence-electron chi connectivity index (χ2n) is 7.78. The second kappa shape index (κ2) is 8.07. The number of ether oxygens (including phenoxy) is 1. The van der Waals surface area contributed by atoms with Crippen molar-refractivity contribution in [3.05, 3.63) is 34.1 Å². The predicted molar refractivity (Wildman–Crippen MR) is 104 cm³/mol. The molecule has 1 heterocycles. The molecule has 0 saturated heterocycles. The summed E-state index contributed by atoms with van der Waals surface area (Å²) in [4.78, 5) is 16.4. The highest BCUT2D eigenvalue weighted by Gasteiger charge is 2.28. The van der Waals surface area contributed by atoms with Crippen molar-refractivity contribution in [1.82, 2.24) is 15.5 Å². The van der Waals surface area contributed by atoms with E-state index in [1.54, 1.807) is 12.1 Å². The maximum absolute atomic E-state index is 11.9. The van der Waals surface area contributed by atoms with Gasteiger partial charge < -0.3 is 14.6 Å². The summed E-state index contributed by atoms with van der Waals surface area (Å²) in [7, 11) is 0. The molecule has 6 nitrogen and oxygen atoms in total. The van der Waals surface area contributed by atoms with E-state index < -0.39 is 5.60 Å². The van der Waals surface area contributed by atoms with Crippen molar-refractivity contribution in [2.24, 2.45) is 0 Å². The molecule has 0 radical (unpaired) electrons. The van der Waals surface area contributed by atoms with Crippen molar-refractivity contribution >= 4 is 29.3 Å². The lowest BCUT2D eigenvalue weighted by molar-refractivity contribution is 0.0490. The van der Waals surface area contributed by atoms with E-state index in [9.17, 15) is 4.79 Å². The summed E-state index contributed by atoms with van der Waals surface area (Å²) < 4.78 is 10.8. The number of carbonyl (C=O) groups is 1. The molecule has 27 heavy (non-hydrogen) atoms. The number of nitrogens with zero attached hydrogens (tertiary/aromatic N) is 2.